The molecule has 1 aliphatic rings. The van der Waals surface area contributed by atoms with Crippen LogP contribution >= 0.6 is 11.6 Å². The molecule has 116 valence electrons. The second-order valence-electron chi connectivity index (χ2n) is 5.90. The average molecular weight is 318 g/mol. The zero-order valence-electron chi connectivity index (χ0n) is 12.7. The van der Waals surface area contributed by atoms with Crippen LogP contribution < -0.4 is 5.32 Å². The van der Waals surface area contributed by atoms with Crippen molar-refractivity contribution in [2.24, 2.45) is 5.92 Å². The van der Waals surface area contributed by atoms with Gasteiger partial charge in [0.05, 0.1) is 11.4 Å². The predicted octanol–water partition coefficient (Wildman–Crippen LogP) is 4.56. The van der Waals surface area contributed by atoms with Crippen molar-refractivity contribution in [3.63, 3.8) is 0 Å². The van der Waals surface area contributed by atoms with Gasteiger partial charge in [0, 0.05) is 16.5 Å². The minimum absolute atomic E-state index is 0.111. The molecule has 1 fully saturated rings. The first-order valence-corrected chi connectivity index (χ1v) is 8.14. The number of aromatic amines is 1. The van der Waals surface area contributed by atoms with E-state index in [0.29, 0.717) is 5.02 Å². The lowest BCUT2D eigenvalue weighted by Gasteiger charge is -2.20. The van der Waals surface area contributed by atoms with Crippen LogP contribution in [0.4, 0.5) is 5.69 Å². The highest BCUT2D eigenvalue weighted by molar-refractivity contribution is 6.30. The van der Waals surface area contributed by atoms with Crippen LogP contribution in [0.2, 0.25) is 5.02 Å². The number of anilines is 1. The van der Waals surface area contributed by atoms with E-state index in [9.17, 15) is 4.79 Å². The van der Waals surface area contributed by atoms with Gasteiger partial charge in [0.25, 0.3) is 0 Å². The fourth-order valence-electron chi connectivity index (χ4n) is 2.99. The quantitative estimate of drug-likeness (QED) is 0.872. The molecule has 0 spiro atoms. The van der Waals surface area contributed by atoms with Gasteiger partial charge in [-0.25, -0.2) is 0 Å². The number of aryl methyl sites for hydroxylation is 1. The van der Waals surface area contributed by atoms with Crippen LogP contribution in [0, 0.1) is 12.8 Å². The molecule has 0 bridgehead atoms. The zero-order valence-corrected chi connectivity index (χ0v) is 13.4. The van der Waals surface area contributed by atoms with Gasteiger partial charge in [-0.2, -0.15) is 5.10 Å². The van der Waals surface area contributed by atoms with Gasteiger partial charge in [-0.15, -0.1) is 0 Å². The molecule has 0 saturated heterocycles. The monoisotopic (exact) mass is 317 g/mol. The molecule has 2 aromatic rings. The second-order valence-corrected chi connectivity index (χ2v) is 6.34. The van der Waals surface area contributed by atoms with Crippen molar-refractivity contribution in [1.29, 1.82) is 0 Å². The van der Waals surface area contributed by atoms with E-state index in [4.69, 9.17) is 11.6 Å². The van der Waals surface area contributed by atoms with Gasteiger partial charge in [0.2, 0.25) is 5.91 Å². The summed E-state index contributed by atoms with van der Waals surface area (Å²) in [5.74, 6) is 0.237. The third-order valence-corrected chi connectivity index (χ3v) is 4.54. The number of carbonyl (C=O) groups excluding carboxylic acids is 1. The molecule has 0 unspecified atom stereocenters. The molecule has 1 aliphatic carbocycles. The molecule has 1 aromatic heterocycles. The first-order chi connectivity index (χ1) is 10.6. The molecule has 1 aromatic carbocycles. The van der Waals surface area contributed by atoms with E-state index in [2.05, 4.69) is 15.5 Å². The highest BCUT2D eigenvalue weighted by Crippen LogP contribution is 2.31. The summed E-state index contributed by atoms with van der Waals surface area (Å²) in [6.45, 7) is 1.92. The Hall–Kier alpha value is -1.81. The van der Waals surface area contributed by atoms with Crippen molar-refractivity contribution < 1.29 is 4.79 Å². The maximum Gasteiger partial charge on any atom is 0.227 e. The Bertz CT molecular complexity index is 657. The van der Waals surface area contributed by atoms with Crippen LogP contribution in [0.5, 0.6) is 0 Å². The van der Waals surface area contributed by atoms with Gasteiger partial charge in [0.15, 0.2) is 0 Å². The smallest absolute Gasteiger partial charge is 0.227 e. The molecule has 2 N–H and O–H groups in total. The predicted molar refractivity (Wildman–Crippen MR) is 89.0 cm³/mol. The lowest BCUT2D eigenvalue weighted by molar-refractivity contribution is -0.120. The van der Waals surface area contributed by atoms with E-state index in [1.807, 2.05) is 31.2 Å². The topological polar surface area (TPSA) is 57.8 Å². The van der Waals surface area contributed by atoms with Crippen LogP contribution in [0.3, 0.4) is 0 Å². The molecular weight excluding hydrogens is 298 g/mol. The number of rotatable bonds is 3. The average Bonchev–Trinajstić information content (AvgIpc) is 2.90. The summed E-state index contributed by atoms with van der Waals surface area (Å²) in [4.78, 5) is 12.5. The van der Waals surface area contributed by atoms with E-state index in [-0.39, 0.29) is 11.8 Å². The largest absolute Gasteiger partial charge is 0.322 e. The van der Waals surface area contributed by atoms with E-state index in [1.54, 1.807) is 0 Å². The number of aromatic nitrogens is 2. The van der Waals surface area contributed by atoms with Gasteiger partial charge < -0.3 is 5.32 Å². The van der Waals surface area contributed by atoms with Crippen molar-refractivity contribution in [2.75, 3.05) is 5.32 Å². The first-order valence-electron chi connectivity index (χ1n) is 7.77. The maximum absolute atomic E-state index is 12.5. The molecule has 3 rings (SSSR count). The Morgan fingerprint density at radius 1 is 1.23 bits per heavy atom. The Kier molecular flexibility index (Phi) is 4.48. The van der Waals surface area contributed by atoms with Crippen LogP contribution in [-0.4, -0.2) is 16.1 Å². The van der Waals surface area contributed by atoms with Gasteiger partial charge >= 0.3 is 0 Å². The minimum atomic E-state index is 0.111. The lowest BCUT2D eigenvalue weighted by Crippen LogP contribution is -2.25. The third-order valence-electron chi connectivity index (χ3n) is 4.29. The van der Waals surface area contributed by atoms with Crippen LogP contribution in [0.1, 0.15) is 37.8 Å². The van der Waals surface area contributed by atoms with Gasteiger partial charge in [-0.05, 0) is 31.9 Å². The Labute approximate surface area is 135 Å². The molecule has 4 nitrogen and oxygen atoms in total. The summed E-state index contributed by atoms with van der Waals surface area (Å²) in [5.41, 5.74) is 3.35. The van der Waals surface area contributed by atoms with Crippen molar-refractivity contribution in [2.45, 2.75) is 39.0 Å². The molecule has 5 heteroatoms. The molecule has 1 amide bonds. The van der Waals surface area contributed by atoms with Crippen LogP contribution in [-0.2, 0) is 4.79 Å². The number of benzene rings is 1. The molecule has 1 heterocycles. The number of H-pyrrole nitrogens is 1. The van der Waals surface area contributed by atoms with Crippen molar-refractivity contribution in [1.82, 2.24) is 10.2 Å². The van der Waals surface area contributed by atoms with E-state index in [0.717, 1.165) is 48.3 Å². The summed E-state index contributed by atoms with van der Waals surface area (Å²) in [6.07, 6.45) is 5.50. The highest BCUT2D eigenvalue weighted by Gasteiger charge is 2.23. The number of amides is 1. The first kappa shape index (κ1) is 15.1. The summed E-state index contributed by atoms with van der Waals surface area (Å²) >= 11 is 5.93. The fourth-order valence-corrected chi connectivity index (χ4v) is 3.11. The lowest BCUT2D eigenvalue weighted by atomic mass is 9.88. The molecule has 1 saturated carbocycles. The summed E-state index contributed by atoms with van der Waals surface area (Å²) in [7, 11) is 0. The summed E-state index contributed by atoms with van der Waals surface area (Å²) in [6, 6.07) is 7.48. The SMILES string of the molecule is Cc1[nH]nc(-c2ccc(Cl)cc2)c1NC(=O)C1CCCCC1. The Morgan fingerprint density at radius 2 is 1.91 bits per heavy atom. The maximum atomic E-state index is 12.5. The standard InChI is InChI=1S/C17H20ClN3O/c1-11-15(19-17(22)13-5-3-2-4-6-13)16(21-20-11)12-7-9-14(18)10-8-12/h7-10,13H,2-6H2,1H3,(H,19,22)(H,20,21). The van der Waals surface area contributed by atoms with Gasteiger partial charge in [-0.3, -0.25) is 9.89 Å². The van der Waals surface area contributed by atoms with Gasteiger partial charge in [-0.1, -0.05) is 43.0 Å². The number of nitrogens with zero attached hydrogens (tertiary/aromatic N) is 1. The third kappa shape index (κ3) is 3.17. The van der Waals surface area contributed by atoms with Gasteiger partial charge in [0.1, 0.15) is 5.69 Å². The summed E-state index contributed by atoms with van der Waals surface area (Å²) < 4.78 is 0. The number of hydrogen-bond acceptors (Lipinski definition) is 2. The fraction of sp³-hybridized carbons (Fsp3) is 0.412. The van der Waals surface area contributed by atoms with Crippen molar-refractivity contribution in [3.8, 4) is 11.3 Å². The van der Waals surface area contributed by atoms with Crippen molar-refractivity contribution in [3.05, 3.63) is 35.0 Å². The minimum Gasteiger partial charge on any atom is -0.322 e. The number of nitrogens with one attached hydrogen (secondary N) is 2. The molecule has 0 atom stereocenters. The molecule has 0 aliphatic heterocycles. The highest BCUT2D eigenvalue weighted by atomic mass is 35.5. The van der Waals surface area contributed by atoms with Crippen molar-refractivity contribution >= 4 is 23.2 Å². The Morgan fingerprint density at radius 3 is 2.59 bits per heavy atom. The zero-order chi connectivity index (χ0) is 15.5. The second kappa shape index (κ2) is 6.53. The van der Waals surface area contributed by atoms with E-state index >= 15 is 0 Å². The number of halogens is 1. The summed E-state index contributed by atoms with van der Waals surface area (Å²) in [5, 5.41) is 11.1. The van der Waals surface area contributed by atoms with E-state index < -0.39 is 0 Å². The molecule has 22 heavy (non-hydrogen) atoms. The van der Waals surface area contributed by atoms with E-state index in [1.165, 1.54) is 6.42 Å². The van der Waals surface area contributed by atoms with Crippen LogP contribution in [0.15, 0.2) is 24.3 Å². The number of carbonyl (C=O) groups is 1. The molecule has 0 radical (unpaired) electrons. The molecular formula is C17H20ClN3O. The number of hydrogen-bond donors (Lipinski definition) is 2. The Balaban J connectivity index is 1.83. The normalized spacial score (nSPS) is 15.7. The van der Waals surface area contributed by atoms with Crippen LogP contribution in [0.25, 0.3) is 11.3 Å².